The molecule has 0 atom stereocenters. The van der Waals surface area contributed by atoms with Crippen molar-refractivity contribution in [3.05, 3.63) is 53.5 Å². The van der Waals surface area contributed by atoms with Crippen LogP contribution in [0.5, 0.6) is 0 Å². The molecule has 3 heterocycles. The number of amides is 1. The summed E-state index contributed by atoms with van der Waals surface area (Å²) in [5.41, 5.74) is 2.78. The lowest BCUT2D eigenvalue weighted by atomic mass is 10.2. The minimum Gasteiger partial charge on any atom is -0.423 e. The van der Waals surface area contributed by atoms with Crippen molar-refractivity contribution in [1.82, 2.24) is 19.9 Å². The van der Waals surface area contributed by atoms with Crippen LogP contribution in [0.25, 0.3) is 5.52 Å². The SMILES string of the molecule is Cc1cccn2cc(C(=O)NCc3nnc(C4CC4)o3)cc12. The molecule has 1 N–H and O–H groups in total. The maximum atomic E-state index is 12.2. The van der Waals surface area contributed by atoms with Crippen LogP contribution in [0.4, 0.5) is 0 Å². The zero-order valence-electron chi connectivity index (χ0n) is 12.2. The van der Waals surface area contributed by atoms with Gasteiger partial charge in [0.2, 0.25) is 11.8 Å². The Morgan fingerprint density at radius 3 is 3.09 bits per heavy atom. The normalized spacial score (nSPS) is 14.4. The minimum atomic E-state index is -0.144. The molecule has 0 unspecified atom stereocenters. The molecule has 4 rings (SSSR count). The van der Waals surface area contributed by atoms with Crippen LogP contribution in [0.2, 0.25) is 0 Å². The molecular weight excluding hydrogens is 280 g/mol. The monoisotopic (exact) mass is 296 g/mol. The Bertz CT molecular complexity index is 845. The highest BCUT2D eigenvalue weighted by atomic mass is 16.4. The van der Waals surface area contributed by atoms with Crippen LogP contribution in [0.3, 0.4) is 0 Å². The average molecular weight is 296 g/mol. The van der Waals surface area contributed by atoms with E-state index in [4.69, 9.17) is 4.42 Å². The van der Waals surface area contributed by atoms with Crippen molar-refractivity contribution in [2.75, 3.05) is 0 Å². The second-order valence-electron chi connectivity index (χ2n) is 5.70. The van der Waals surface area contributed by atoms with E-state index < -0.39 is 0 Å². The number of fused-ring (bicyclic) bond motifs is 1. The molecule has 0 aliphatic heterocycles. The first-order valence-electron chi connectivity index (χ1n) is 7.38. The van der Waals surface area contributed by atoms with E-state index in [-0.39, 0.29) is 12.5 Å². The number of hydrogen-bond donors (Lipinski definition) is 1. The number of hydrogen-bond acceptors (Lipinski definition) is 4. The summed E-state index contributed by atoms with van der Waals surface area (Å²) in [7, 11) is 0. The Kier molecular flexibility index (Phi) is 2.96. The third-order valence-electron chi connectivity index (χ3n) is 3.92. The van der Waals surface area contributed by atoms with Gasteiger partial charge in [-0.2, -0.15) is 0 Å². The second-order valence-corrected chi connectivity index (χ2v) is 5.70. The molecular formula is C16H16N4O2. The fourth-order valence-electron chi connectivity index (χ4n) is 2.50. The van der Waals surface area contributed by atoms with Gasteiger partial charge >= 0.3 is 0 Å². The summed E-state index contributed by atoms with van der Waals surface area (Å²) < 4.78 is 7.48. The quantitative estimate of drug-likeness (QED) is 0.802. The molecule has 1 aliphatic rings. The Labute approximate surface area is 127 Å². The largest absolute Gasteiger partial charge is 0.423 e. The molecule has 0 saturated heterocycles. The number of aromatic nitrogens is 3. The van der Waals surface area contributed by atoms with Gasteiger partial charge in [-0.05, 0) is 37.5 Å². The van der Waals surface area contributed by atoms with Gasteiger partial charge in [0.15, 0.2) is 0 Å². The van der Waals surface area contributed by atoms with Crippen molar-refractivity contribution in [3.63, 3.8) is 0 Å². The Morgan fingerprint density at radius 1 is 1.45 bits per heavy atom. The summed E-state index contributed by atoms with van der Waals surface area (Å²) in [6.07, 6.45) is 5.98. The van der Waals surface area contributed by atoms with Gasteiger partial charge in [0.05, 0.1) is 12.1 Å². The topological polar surface area (TPSA) is 72.4 Å². The van der Waals surface area contributed by atoms with Gasteiger partial charge in [0, 0.05) is 23.8 Å². The van der Waals surface area contributed by atoms with Crippen molar-refractivity contribution in [2.45, 2.75) is 32.2 Å². The predicted molar refractivity (Wildman–Crippen MR) is 79.6 cm³/mol. The molecule has 0 aromatic carbocycles. The molecule has 1 amide bonds. The van der Waals surface area contributed by atoms with Crippen molar-refractivity contribution in [1.29, 1.82) is 0 Å². The first-order valence-corrected chi connectivity index (χ1v) is 7.38. The predicted octanol–water partition coefficient (Wildman–Crippen LogP) is 2.44. The van der Waals surface area contributed by atoms with Crippen LogP contribution in [0.15, 0.2) is 35.0 Å². The van der Waals surface area contributed by atoms with Crippen LogP contribution < -0.4 is 5.32 Å². The van der Waals surface area contributed by atoms with Gasteiger partial charge in [-0.15, -0.1) is 10.2 Å². The standard InChI is InChI=1S/C16H16N4O2/c1-10-3-2-6-20-9-12(7-13(10)20)15(21)17-8-14-18-19-16(22-14)11-4-5-11/h2-3,6-7,9,11H,4-5,8H2,1H3,(H,17,21). The van der Waals surface area contributed by atoms with Crippen molar-refractivity contribution in [2.24, 2.45) is 0 Å². The van der Waals surface area contributed by atoms with Crippen LogP contribution in [-0.2, 0) is 6.54 Å². The molecule has 3 aromatic heterocycles. The number of carbonyl (C=O) groups excluding carboxylic acids is 1. The lowest BCUT2D eigenvalue weighted by Gasteiger charge is -1.99. The van der Waals surface area contributed by atoms with Crippen molar-refractivity contribution in [3.8, 4) is 0 Å². The molecule has 112 valence electrons. The van der Waals surface area contributed by atoms with E-state index in [2.05, 4.69) is 15.5 Å². The van der Waals surface area contributed by atoms with E-state index in [9.17, 15) is 4.79 Å². The highest BCUT2D eigenvalue weighted by molar-refractivity contribution is 5.95. The van der Waals surface area contributed by atoms with Crippen LogP contribution in [0.1, 0.15) is 46.5 Å². The zero-order valence-corrected chi connectivity index (χ0v) is 12.2. The number of rotatable bonds is 4. The van der Waals surface area contributed by atoms with Crippen LogP contribution >= 0.6 is 0 Å². The smallest absolute Gasteiger partial charge is 0.253 e. The first-order chi connectivity index (χ1) is 10.7. The number of nitrogens with one attached hydrogen (secondary N) is 1. The van der Waals surface area contributed by atoms with E-state index >= 15 is 0 Å². The average Bonchev–Trinajstić information content (AvgIpc) is 3.09. The zero-order chi connectivity index (χ0) is 15.1. The molecule has 1 aliphatic carbocycles. The second kappa shape index (κ2) is 4.98. The third kappa shape index (κ3) is 2.36. The van der Waals surface area contributed by atoms with Crippen LogP contribution in [-0.4, -0.2) is 20.5 Å². The molecule has 0 bridgehead atoms. The molecule has 6 heteroatoms. The molecule has 0 spiro atoms. The lowest BCUT2D eigenvalue weighted by molar-refractivity contribution is 0.0947. The summed E-state index contributed by atoms with van der Waals surface area (Å²) in [6, 6.07) is 5.87. The van der Waals surface area contributed by atoms with Gasteiger partial charge in [-0.1, -0.05) is 6.07 Å². The summed E-state index contributed by atoms with van der Waals surface area (Å²) in [5.74, 6) is 1.43. The van der Waals surface area contributed by atoms with Crippen molar-refractivity contribution < 1.29 is 9.21 Å². The third-order valence-corrected chi connectivity index (χ3v) is 3.92. The van der Waals surface area contributed by atoms with Crippen molar-refractivity contribution >= 4 is 11.4 Å². The van der Waals surface area contributed by atoms with E-state index in [0.29, 0.717) is 23.3 Å². The molecule has 22 heavy (non-hydrogen) atoms. The van der Waals surface area contributed by atoms with Crippen LogP contribution in [0, 0.1) is 6.92 Å². The molecule has 1 saturated carbocycles. The fourth-order valence-corrected chi connectivity index (χ4v) is 2.50. The first kappa shape index (κ1) is 13.1. The van der Waals surface area contributed by atoms with Gasteiger partial charge < -0.3 is 14.1 Å². The van der Waals surface area contributed by atoms with Gasteiger partial charge in [-0.3, -0.25) is 4.79 Å². The number of carbonyl (C=O) groups is 1. The number of nitrogens with zero attached hydrogens (tertiary/aromatic N) is 3. The van der Waals surface area contributed by atoms with Gasteiger partial charge in [0.1, 0.15) is 0 Å². The lowest BCUT2D eigenvalue weighted by Crippen LogP contribution is -2.22. The summed E-state index contributed by atoms with van der Waals surface area (Å²) in [6.45, 7) is 2.28. The maximum Gasteiger partial charge on any atom is 0.253 e. The summed E-state index contributed by atoms with van der Waals surface area (Å²) in [5, 5.41) is 10.8. The van der Waals surface area contributed by atoms with E-state index in [0.717, 1.165) is 23.9 Å². The molecule has 0 radical (unpaired) electrons. The molecule has 6 nitrogen and oxygen atoms in total. The maximum absolute atomic E-state index is 12.2. The van der Waals surface area contributed by atoms with E-state index in [1.165, 1.54) is 0 Å². The number of aryl methyl sites for hydroxylation is 1. The Morgan fingerprint density at radius 2 is 2.32 bits per heavy atom. The highest BCUT2D eigenvalue weighted by Crippen LogP contribution is 2.38. The van der Waals surface area contributed by atoms with E-state index in [1.807, 2.05) is 41.9 Å². The highest BCUT2D eigenvalue weighted by Gasteiger charge is 2.29. The minimum absolute atomic E-state index is 0.144. The van der Waals surface area contributed by atoms with Gasteiger partial charge in [0.25, 0.3) is 5.91 Å². The molecule has 3 aromatic rings. The fraction of sp³-hybridized carbons (Fsp3) is 0.312. The number of pyridine rings is 1. The summed E-state index contributed by atoms with van der Waals surface area (Å²) >= 11 is 0. The van der Waals surface area contributed by atoms with Gasteiger partial charge in [-0.25, -0.2) is 0 Å². The molecule has 1 fully saturated rings. The summed E-state index contributed by atoms with van der Waals surface area (Å²) in [4.78, 5) is 12.2. The Balaban J connectivity index is 1.47. The van der Waals surface area contributed by atoms with E-state index in [1.54, 1.807) is 0 Å². The Hall–Kier alpha value is -2.63.